The molecule has 2 aromatic rings. The van der Waals surface area contributed by atoms with Gasteiger partial charge in [0.2, 0.25) is 5.89 Å². The summed E-state index contributed by atoms with van der Waals surface area (Å²) in [5.41, 5.74) is 1.14. The molecule has 1 aliphatic heterocycles. The monoisotopic (exact) mass is 287 g/mol. The third-order valence-electron chi connectivity index (χ3n) is 3.90. The molecule has 0 saturated carbocycles. The lowest BCUT2D eigenvalue weighted by Crippen LogP contribution is -2.30. The van der Waals surface area contributed by atoms with Crippen molar-refractivity contribution in [2.45, 2.75) is 38.6 Å². The zero-order valence-electron chi connectivity index (χ0n) is 12.5. The van der Waals surface area contributed by atoms with E-state index in [9.17, 15) is 0 Å². The first-order valence-corrected chi connectivity index (χ1v) is 7.59. The van der Waals surface area contributed by atoms with Crippen molar-refractivity contribution in [1.29, 1.82) is 0 Å². The molecule has 2 unspecified atom stereocenters. The highest BCUT2D eigenvalue weighted by molar-refractivity contribution is 5.42. The van der Waals surface area contributed by atoms with Crippen LogP contribution in [0.15, 0.2) is 28.8 Å². The van der Waals surface area contributed by atoms with Crippen molar-refractivity contribution >= 4 is 0 Å². The average molecular weight is 287 g/mol. The second-order valence-corrected chi connectivity index (χ2v) is 5.31. The zero-order valence-corrected chi connectivity index (χ0v) is 12.5. The summed E-state index contributed by atoms with van der Waals surface area (Å²) in [4.78, 5) is 4.56. The van der Waals surface area contributed by atoms with Gasteiger partial charge in [0, 0.05) is 18.0 Å². The SMILES string of the molecule is CCNC(CC)Cc1nc(C2COc3ccccc32)no1. The summed E-state index contributed by atoms with van der Waals surface area (Å²) < 4.78 is 11.1. The van der Waals surface area contributed by atoms with Crippen molar-refractivity contribution in [2.24, 2.45) is 0 Å². The molecule has 0 amide bonds. The Bertz CT molecular complexity index is 597. The summed E-state index contributed by atoms with van der Waals surface area (Å²) in [6.45, 7) is 5.80. The lowest BCUT2D eigenvalue weighted by Gasteiger charge is -2.12. The van der Waals surface area contributed by atoms with E-state index in [1.165, 1.54) is 0 Å². The van der Waals surface area contributed by atoms with Crippen LogP contribution in [-0.4, -0.2) is 29.3 Å². The maximum absolute atomic E-state index is 5.68. The predicted octanol–water partition coefficient (Wildman–Crippen LogP) is 2.52. The largest absolute Gasteiger partial charge is 0.492 e. The van der Waals surface area contributed by atoms with E-state index < -0.39 is 0 Å². The van der Waals surface area contributed by atoms with Gasteiger partial charge in [-0.2, -0.15) is 4.98 Å². The molecule has 1 aromatic carbocycles. The Kier molecular flexibility index (Phi) is 4.20. The molecule has 112 valence electrons. The highest BCUT2D eigenvalue weighted by Gasteiger charge is 2.29. The fraction of sp³-hybridized carbons (Fsp3) is 0.500. The van der Waals surface area contributed by atoms with Gasteiger partial charge in [-0.25, -0.2) is 0 Å². The summed E-state index contributed by atoms with van der Waals surface area (Å²) in [6, 6.07) is 8.42. The Labute approximate surface area is 124 Å². The number of ether oxygens (including phenoxy) is 1. The Morgan fingerprint density at radius 1 is 1.33 bits per heavy atom. The van der Waals surface area contributed by atoms with E-state index in [1.54, 1.807) is 0 Å². The van der Waals surface area contributed by atoms with E-state index >= 15 is 0 Å². The molecule has 1 aromatic heterocycles. The lowest BCUT2D eigenvalue weighted by molar-refractivity contribution is 0.328. The minimum atomic E-state index is 0.0814. The fourth-order valence-electron chi connectivity index (χ4n) is 2.73. The van der Waals surface area contributed by atoms with Gasteiger partial charge in [-0.3, -0.25) is 0 Å². The number of nitrogens with one attached hydrogen (secondary N) is 1. The first kappa shape index (κ1) is 14.1. The number of para-hydroxylation sites is 1. The molecule has 5 heteroatoms. The van der Waals surface area contributed by atoms with Gasteiger partial charge in [0.15, 0.2) is 5.82 Å². The van der Waals surface area contributed by atoms with Gasteiger partial charge in [-0.05, 0) is 19.0 Å². The Morgan fingerprint density at radius 2 is 2.19 bits per heavy atom. The Morgan fingerprint density at radius 3 is 3.00 bits per heavy atom. The zero-order chi connectivity index (χ0) is 14.7. The van der Waals surface area contributed by atoms with E-state index in [-0.39, 0.29) is 5.92 Å². The van der Waals surface area contributed by atoms with Crippen molar-refractivity contribution in [3.8, 4) is 5.75 Å². The predicted molar refractivity (Wildman–Crippen MR) is 79.5 cm³/mol. The average Bonchev–Trinajstić information content (AvgIpc) is 3.13. The van der Waals surface area contributed by atoms with Crippen LogP contribution in [0.5, 0.6) is 5.75 Å². The minimum Gasteiger partial charge on any atom is -0.492 e. The van der Waals surface area contributed by atoms with Crippen LogP contribution in [0.25, 0.3) is 0 Å². The quantitative estimate of drug-likeness (QED) is 0.884. The highest BCUT2D eigenvalue weighted by Crippen LogP contribution is 2.36. The number of rotatable bonds is 6. The van der Waals surface area contributed by atoms with Gasteiger partial charge in [0.05, 0.1) is 5.92 Å². The number of benzene rings is 1. The molecule has 2 atom stereocenters. The highest BCUT2D eigenvalue weighted by atomic mass is 16.5. The number of nitrogens with zero attached hydrogens (tertiary/aromatic N) is 2. The van der Waals surface area contributed by atoms with Gasteiger partial charge in [0.1, 0.15) is 12.4 Å². The molecule has 2 heterocycles. The Balaban J connectivity index is 1.74. The second kappa shape index (κ2) is 6.26. The minimum absolute atomic E-state index is 0.0814. The lowest BCUT2D eigenvalue weighted by atomic mass is 10.0. The van der Waals surface area contributed by atoms with Crippen LogP contribution in [-0.2, 0) is 6.42 Å². The van der Waals surface area contributed by atoms with Crippen LogP contribution in [0.3, 0.4) is 0 Å². The molecule has 21 heavy (non-hydrogen) atoms. The molecule has 1 aliphatic rings. The van der Waals surface area contributed by atoms with E-state index in [2.05, 4.69) is 35.4 Å². The molecular formula is C16H21N3O2. The third kappa shape index (κ3) is 2.93. The number of hydrogen-bond acceptors (Lipinski definition) is 5. The smallest absolute Gasteiger partial charge is 0.228 e. The van der Waals surface area contributed by atoms with Gasteiger partial charge in [-0.1, -0.05) is 37.2 Å². The normalized spacial score (nSPS) is 18.3. The van der Waals surface area contributed by atoms with Crippen LogP contribution in [0.2, 0.25) is 0 Å². The summed E-state index contributed by atoms with van der Waals surface area (Å²) >= 11 is 0. The maximum Gasteiger partial charge on any atom is 0.228 e. The van der Waals surface area contributed by atoms with Crippen LogP contribution in [0, 0.1) is 0 Å². The van der Waals surface area contributed by atoms with E-state index in [0.29, 0.717) is 18.5 Å². The van der Waals surface area contributed by atoms with Crippen LogP contribution in [0.1, 0.15) is 43.5 Å². The molecule has 0 bridgehead atoms. The number of hydrogen-bond donors (Lipinski definition) is 1. The summed E-state index contributed by atoms with van der Waals surface area (Å²) in [6.07, 6.45) is 1.81. The van der Waals surface area contributed by atoms with Crippen molar-refractivity contribution in [2.75, 3.05) is 13.2 Å². The van der Waals surface area contributed by atoms with Crippen molar-refractivity contribution in [3.05, 3.63) is 41.5 Å². The molecular weight excluding hydrogens is 266 g/mol. The summed E-state index contributed by atoms with van der Waals surface area (Å²) in [7, 11) is 0. The molecule has 3 rings (SSSR count). The Hall–Kier alpha value is -1.88. The fourth-order valence-corrected chi connectivity index (χ4v) is 2.73. The molecule has 1 N–H and O–H groups in total. The van der Waals surface area contributed by atoms with Crippen LogP contribution >= 0.6 is 0 Å². The first-order chi connectivity index (χ1) is 10.3. The number of fused-ring (bicyclic) bond motifs is 1. The second-order valence-electron chi connectivity index (χ2n) is 5.31. The van der Waals surface area contributed by atoms with Crippen LogP contribution < -0.4 is 10.1 Å². The van der Waals surface area contributed by atoms with Crippen molar-refractivity contribution in [1.82, 2.24) is 15.5 Å². The maximum atomic E-state index is 5.68. The summed E-state index contributed by atoms with van der Waals surface area (Å²) in [5, 5.41) is 7.57. The van der Waals surface area contributed by atoms with Crippen molar-refractivity contribution < 1.29 is 9.26 Å². The third-order valence-corrected chi connectivity index (χ3v) is 3.90. The standard InChI is InChI=1S/C16H21N3O2/c1-3-11(17-4-2)9-15-18-16(19-21-15)13-10-20-14-8-6-5-7-12(13)14/h5-8,11,13,17H,3-4,9-10H2,1-2H3. The topological polar surface area (TPSA) is 60.2 Å². The van der Waals surface area contributed by atoms with Crippen LogP contribution in [0.4, 0.5) is 0 Å². The van der Waals surface area contributed by atoms with Crippen molar-refractivity contribution in [3.63, 3.8) is 0 Å². The van der Waals surface area contributed by atoms with E-state index in [0.717, 1.165) is 36.5 Å². The molecule has 0 spiro atoms. The van der Waals surface area contributed by atoms with E-state index in [4.69, 9.17) is 9.26 Å². The molecule has 0 aliphatic carbocycles. The molecule has 0 radical (unpaired) electrons. The van der Waals surface area contributed by atoms with Gasteiger partial charge < -0.3 is 14.6 Å². The first-order valence-electron chi connectivity index (χ1n) is 7.59. The number of likely N-dealkylation sites (N-methyl/N-ethyl adjacent to an activating group) is 1. The van der Waals surface area contributed by atoms with Gasteiger partial charge in [-0.15, -0.1) is 0 Å². The van der Waals surface area contributed by atoms with E-state index in [1.807, 2.05) is 18.2 Å². The van der Waals surface area contributed by atoms with Gasteiger partial charge >= 0.3 is 0 Å². The number of aromatic nitrogens is 2. The molecule has 0 saturated heterocycles. The molecule has 0 fully saturated rings. The summed E-state index contributed by atoms with van der Waals surface area (Å²) in [5.74, 6) is 2.43. The molecule has 5 nitrogen and oxygen atoms in total. The van der Waals surface area contributed by atoms with Gasteiger partial charge in [0.25, 0.3) is 0 Å².